The molecule has 0 aliphatic heterocycles. The van der Waals surface area contributed by atoms with E-state index in [0.29, 0.717) is 18.0 Å². The van der Waals surface area contributed by atoms with Crippen LogP contribution in [0.3, 0.4) is 0 Å². The summed E-state index contributed by atoms with van der Waals surface area (Å²) in [6, 6.07) is 1.90. The average Bonchev–Trinajstić information content (AvgIpc) is 2.83. The molecule has 1 aliphatic carbocycles. The van der Waals surface area contributed by atoms with Crippen molar-refractivity contribution in [2.75, 3.05) is 6.54 Å². The van der Waals surface area contributed by atoms with Crippen molar-refractivity contribution in [3.8, 4) is 0 Å². The second-order valence-corrected chi connectivity index (χ2v) is 4.37. The van der Waals surface area contributed by atoms with Gasteiger partial charge in [-0.2, -0.15) is 0 Å². The first-order chi connectivity index (χ1) is 7.81. The Balaban J connectivity index is 1.95. The number of nitrogens with two attached hydrogens (primary N) is 1. The number of hydrogen-bond donors (Lipinski definition) is 2. The van der Waals surface area contributed by atoms with Crippen LogP contribution in [0.5, 0.6) is 0 Å². The monoisotopic (exact) mass is 222 g/mol. The predicted molar refractivity (Wildman–Crippen MR) is 61.0 cm³/mol. The lowest BCUT2D eigenvalue weighted by Crippen LogP contribution is -2.44. The Hall–Kier alpha value is -1.29. The van der Waals surface area contributed by atoms with E-state index in [9.17, 15) is 4.79 Å². The largest absolute Gasteiger partial charge is 0.472 e. The smallest absolute Gasteiger partial charge is 0.254 e. The zero-order valence-corrected chi connectivity index (χ0v) is 9.32. The van der Waals surface area contributed by atoms with Crippen LogP contribution in [0.2, 0.25) is 0 Å². The third-order valence-corrected chi connectivity index (χ3v) is 3.31. The molecule has 1 aliphatic rings. The predicted octanol–water partition coefficient (Wildman–Crippen LogP) is 1.53. The summed E-state index contributed by atoms with van der Waals surface area (Å²) < 4.78 is 4.89. The Bertz CT molecular complexity index is 335. The van der Waals surface area contributed by atoms with Gasteiger partial charge in [0.2, 0.25) is 0 Å². The minimum absolute atomic E-state index is 0.0564. The molecule has 88 valence electrons. The van der Waals surface area contributed by atoms with Crippen LogP contribution in [-0.2, 0) is 0 Å². The van der Waals surface area contributed by atoms with Crippen molar-refractivity contribution in [1.29, 1.82) is 0 Å². The molecule has 4 nitrogen and oxygen atoms in total. The molecule has 1 heterocycles. The summed E-state index contributed by atoms with van der Waals surface area (Å²) in [6.07, 6.45) is 7.52. The lowest BCUT2D eigenvalue weighted by Gasteiger charge is -2.31. The number of amides is 1. The summed E-state index contributed by atoms with van der Waals surface area (Å²) in [5.41, 5.74) is 6.30. The topological polar surface area (TPSA) is 68.3 Å². The van der Waals surface area contributed by atoms with Crippen LogP contribution in [0, 0.1) is 5.92 Å². The Morgan fingerprint density at radius 3 is 3.00 bits per heavy atom. The highest BCUT2D eigenvalue weighted by Crippen LogP contribution is 2.23. The SMILES string of the molecule is NCC1CCCCC1NC(=O)c1ccoc1. The van der Waals surface area contributed by atoms with Crippen molar-refractivity contribution in [2.24, 2.45) is 11.7 Å². The molecular weight excluding hydrogens is 204 g/mol. The Morgan fingerprint density at radius 1 is 1.50 bits per heavy atom. The average molecular weight is 222 g/mol. The third kappa shape index (κ3) is 2.44. The zero-order chi connectivity index (χ0) is 11.4. The minimum Gasteiger partial charge on any atom is -0.472 e. The first-order valence-corrected chi connectivity index (χ1v) is 5.84. The summed E-state index contributed by atoms with van der Waals surface area (Å²) in [6.45, 7) is 0.649. The first kappa shape index (κ1) is 11.2. The van der Waals surface area contributed by atoms with E-state index in [2.05, 4.69) is 5.32 Å². The van der Waals surface area contributed by atoms with Crippen molar-refractivity contribution in [1.82, 2.24) is 5.32 Å². The van der Waals surface area contributed by atoms with Gasteiger partial charge in [-0.1, -0.05) is 12.8 Å². The summed E-state index contributed by atoms with van der Waals surface area (Å²) >= 11 is 0. The van der Waals surface area contributed by atoms with Gasteiger partial charge in [0.25, 0.3) is 5.91 Å². The lowest BCUT2D eigenvalue weighted by molar-refractivity contribution is 0.0907. The summed E-state index contributed by atoms with van der Waals surface area (Å²) in [5.74, 6) is 0.365. The molecule has 1 fully saturated rings. The molecule has 0 radical (unpaired) electrons. The van der Waals surface area contributed by atoms with Gasteiger partial charge in [-0.15, -0.1) is 0 Å². The van der Waals surface area contributed by atoms with Gasteiger partial charge < -0.3 is 15.5 Å². The molecule has 0 bridgehead atoms. The van der Waals surface area contributed by atoms with Gasteiger partial charge in [-0.05, 0) is 31.4 Å². The van der Waals surface area contributed by atoms with Crippen molar-refractivity contribution < 1.29 is 9.21 Å². The van der Waals surface area contributed by atoms with Crippen LogP contribution < -0.4 is 11.1 Å². The molecule has 0 aromatic carbocycles. The molecule has 2 unspecified atom stereocenters. The quantitative estimate of drug-likeness (QED) is 0.814. The van der Waals surface area contributed by atoms with Gasteiger partial charge >= 0.3 is 0 Å². The maximum atomic E-state index is 11.8. The molecule has 4 heteroatoms. The maximum absolute atomic E-state index is 11.8. The molecular formula is C12H18N2O2. The van der Waals surface area contributed by atoms with E-state index in [1.807, 2.05) is 0 Å². The number of rotatable bonds is 3. The van der Waals surface area contributed by atoms with Crippen LogP contribution >= 0.6 is 0 Å². The summed E-state index contributed by atoms with van der Waals surface area (Å²) in [5, 5.41) is 3.04. The molecule has 2 atom stereocenters. The molecule has 1 saturated carbocycles. The summed E-state index contributed by atoms with van der Waals surface area (Å²) in [4.78, 5) is 11.8. The standard InChI is InChI=1S/C12H18N2O2/c13-7-9-3-1-2-4-11(9)14-12(15)10-5-6-16-8-10/h5-6,8-9,11H,1-4,7,13H2,(H,14,15). The van der Waals surface area contributed by atoms with Gasteiger partial charge in [0.1, 0.15) is 6.26 Å². The molecule has 1 aromatic rings. The lowest BCUT2D eigenvalue weighted by atomic mass is 9.84. The minimum atomic E-state index is -0.0564. The van der Waals surface area contributed by atoms with Crippen LogP contribution in [0.15, 0.2) is 23.0 Å². The number of furan rings is 1. The Morgan fingerprint density at radius 2 is 2.31 bits per heavy atom. The van der Waals surface area contributed by atoms with Crippen molar-refractivity contribution in [3.63, 3.8) is 0 Å². The van der Waals surface area contributed by atoms with E-state index in [1.165, 1.54) is 25.4 Å². The van der Waals surface area contributed by atoms with Crippen LogP contribution in [0.25, 0.3) is 0 Å². The van der Waals surface area contributed by atoms with Gasteiger partial charge in [0.05, 0.1) is 11.8 Å². The van der Waals surface area contributed by atoms with Crippen molar-refractivity contribution in [3.05, 3.63) is 24.2 Å². The Labute approximate surface area is 95.2 Å². The van der Waals surface area contributed by atoms with E-state index in [1.54, 1.807) is 6.07 Å². The fourth-order valence-corrected chi connectivity index (χ4v) is 2.33. The molecule has 3 N–H and O–H groups in total. The second kappa shape index (κ2) is 5.16. The van der Waals surface area contributed by atoms with E-state index < -0.39 is 0 Å². The molecule has 0 saturated heterocycles. The molecule has 2 rings (SSSR count). The number of nitrogens with one attached hydrogen (secondary N) is 1. The fourth-order valence-electron chi connectivity index (χ4n) is 2.33. The van der Waals surface area contributed by atoms with E-state index in [0.717, 1.165) is 12.8 Å². The van der Waals surface area contributed by atoms with Crippen molar-refractivity contribution >= 4 is 5.91 Å². The molecule has 1 aromatic heterocycles. The maximum Gasteiger partial charge on any atom is 0.254 e. The highest BCUT2D eigenvalue weighted by molar-refractivity contribution is 5.93. The first-order valence-electron chi connectivity index (χ1n) is 5.84. The number of carbonyl (C=O) groups excluding carboxylic acids is 1. The van der Waals surface area contributed by atoms with Crippen molar-refractivity contribution in [2.45, 2.75) is 31.7 Å². The van der Waals surface area contributed by atoms with Gasteiger partial charge in [0.15, 0.2) is 0 Å². The summed E-state index contributed by atoms with van der Waals surface area (Å²) in [7, 11) is 0. The molecule has 1 amide bonds. The van der Waals surface area contributed by atoms with E-state index in [4.69, 9.17) is 10.2 Å². The molecule has 0 spiro atoms. The third-order valence-electron chi connectivity index (χ3n) is 3.31. The van der Waals surface area contributed by atoms with E-state index in [-0.39, 0.29) is 11.9 Å². The number of hydrogen-bond acceptors (Lipinski definition) is 3. The van der Waals surface area contributed by atoms with Crippen LogP contribution in [0.4, 0.5) is 0 Å². The highest BCUT2D eigenvalue weighted by Gasteiger charge is 2.25. The fraction of sp³-hybridized carbons (Fsp3) is 0.583. The van der Waals surface area contributed by atoms with Crippen LogP contribution in [-0.4, -0.2) is 18.5 Å². The normalized spacial score (nSPS) is 25.3. The molecule has 16 heavy (non-hydrogen) atoms. The van der Waals surface area contributed by atoms with Gasteiger partial charge in [-0.25, -0.2) is 0 Å². The van der Waals surface area contributed by atoms with Crippen LogP contribution in [0.1, 0.15) is 36.0 Å². The second-order valence-electron chi connectivity index (χ2n) is 4.37. The number of carbonyl (C=O) groups is 1. The van der Waals surface area contributed by atoms with Gasteiger partial charge in [0, 0.05) is 6.04 Å². The zero-order valence-electron chi connectivity index (χ0n) is 9.32. The van der Waals surface area contributed by atoms with E-state index >= 15 is 0 Å². The highest BCUT2D eigenvalue weighted by atomic mass is 16.3. The Kier molecular flexibility index (Phi) is 3.62. The van der Waals surface area contributed by atoms with Gasteiger partial charge in [-0.3, -0.25) is 4.79 Å².